The molecule has 4 heteroatoms. The van der Waals surface area contributed by atoms with Crippen molar-refractivity contribution in [2.45, 2.75) is 17.7 Å². The zero-order valence-corrected chi connectivity index (χ0v) is 13.6. The first kappa shape index (κ1) is 15.1. The predicted octanol–water partition coefficient (Wildman–Crippen LogP) is 3.51. The van der Waals surface area contributed by atoms with Gasteiger partial charge in [-0.25, -0.2) is 0 Å². The normalized spacial score (nSPS) is 17.7. The van der Waals surface area contributed by atoms with Crippen molar-refractivity contribution in [1.29, 1.82) is 0 Å². The topological polar surface area (TPSA) is 33.2 Å². The third kappa shape index (κ3) is 3.50. The molecule has 1 saturated heterocycles. The number of carbonyl (C=O) groups excluding carboxylic acids is 1. The fourth-order valence-corrected chi connectivity index (χ4v) is 3.43. The van der Waals surface area contributed by atoms with Crippen molar-refractivity contribution in [2.24, 2.45) is 5.92 Å². The van der Waals surface area contributed by atoms with Crippen LogP contribution in [0.5, 0.6) is 0 Å². The lowest BCUT2D eigenvalue weighted by atomic mass is 10.00. The van der Waals surface area contributed by atoms with Gasteiger partial charge in [-0.2, -0.15) is 0 Å². The van der Waals surface area contributed by atoms with Crippen LogP contribution in [0.3, 0.4) is 0 Å². The van der Waals surface area contributed by atoms with E-state index >= 15 is 0 Å². The maximum atomic E-state index is 12.6. The Morgan fingerprint density at radius 2 is 2.27 bits per heavy atom. The molecule has 1 fully saturated rings. The molecule has 0 aliphatic carbocycles. The molecule has 2 heterocycles. The summed E-state index contributed by atoms with van der Waals surface area (Å²) in [7, 11) is 0. The maximum absolute atomic E-state index is 12.6. The second-order valence-corrected chi connectivity index (χ2v) is 6.58. The monoisotopic (exact) mass is 312 g/mol. The quantitative estimate of drug-likeness (QED) is 0.810. The van der Waals surface area contributed by atoms with E-state index in [0.717, 1.165) is 36.4 Å². The minimum atomic E-state index is 0.157. The van der Waals surface area contributed by atoms with E-state index in [2.05, 4.69) is 11.1 Å². The molecular formula is C18H20N2OS. The SMILES string of the molecule is CSc1cccc(C(=O)N2CCC(Cc3cccnc3)C2)c1. The summed E-state index contributed by atoms with van der Waals surface area (Å²) in [5, 5.41) is 0. The number of hydrogen-bond acceptors (Lipinski definition) is 3. The fraction of sp³-hybridized carbons (Fsp3) is 0.333. The number of pyridine rings is 1. The second kappa shape index (κ2) is 6.97. The molecule has 1 atom stereocenters. The van der Waals surface area contributed by atoms with Gasteiger partial charge < -0.3 is 4.90 Å². The number of hydrogen-bond donors (Lipinski definition) is 0. The second-order valence-electron chi connectivity index (χ2n) is 5.70. The lowest BCUT2D eigenvalue weighted by Crippen LogP contribution is -2.28. The molecule has 3 nitrogen and oxygen atoms in total. The van der Waals surface area contributed by atoms with E-state index in [0.29, 0.717) is 5.92 Å². The van der Waals surface area contributed by atoms with E-state index in [9.17, 15) is 4.79 Å². The molecule has 1 aromatic heterocycles. The van der Waals surface area contributed by atoms with Gasteiger partial charge in [0.15, 0.2) is 0 Å². The molecule has 1 aromatic carbocycles. The van der Waals surface area contributed by atoms with Crippen LogP contribution in [0.4, 0.5) is 0 Å². The van der Waals surface area contributed by atoms with Crippen LogP contribution in [0.1, 0.15) is 22.3 Å². The lowest BCUT2D eigenvalue weighted by Gasteiger charge is -2.17. The minimum absolute atomic E-state index is 0.157. The van der Waals surface area contributed by atoms with E-state index in [1.807, 2.05) is 47.7 Å². The first-order chi connectivity index (χ1) is 10.8. The highest BCUT2D eigenvalue weighted by Crippen LogP contribution is 2.23. The highest BCUT2D eigenvalue weighted by Gasteiger charge is 2.27. The van der Waals surface area contributed by atoms with Gasteiger partial charge in [-0.05, 0) is 54.8 Å². The number of nitrogens with zero attached hydrogens (tertiary/aromatic N) is 2. The molecule has 0 bridgehead atoms. The zero-order chi connectivity index (χ0) is 15.4. The maximum Gasteiger partial charge on any atom is 0.253 e. The van der Waals surface area contributed by atoms with Gasteiger partial charge in [-0.15, -0.1) is 11.8 Å². The van der Waals surface area contributed by atoms with Crippen LogP contribution in [0, 0.1) is 5.92 Å². The van der Waals surface area contributed by atoms with E-state index in [-0.39, 0.29) is 5.91 Å². The minimum Gasteiger partial charge on any atom is -0.338 e. The van der Waals surface area contributed by atoms with Crippen LogP contribution in [-0.2, 0) is 6.42 Å². The van der Waals surface area contributed by atoms with Crippen LogP contribution >= 0.6 is 11.8 Å². The molecule has 22 heavy (non-hydrogen) atoms. The Balaban J connectivity index is 1.63. The van der Waals surface area contributed by atoms with Crippen LogP contribution in [-0.4, -0.2) is 35.1 Å². The number of likely N-dealkylation sites (tertiary alicyclic amines) is 1. The standard InChI is InChI=1S/C18H20N2OS/c1-22-17-6-2-5-16(11-17)18(21)20-9-7-15(13-20)10-14-4-3-8-19-12-14/h2-6,8,11-12,15H,7,9-10,13H2,1H3. The van der Waals surface area contributed by atoms with Crippen molar-refractivity contribution >= 4 is 17.7 Å². The van der Waals surface area contributed by atoms with Crippen molar-refractivity contribution in [3.63, 3.8) is 0 Å². The smallest absolute Gasteiger partial charge is 0.253 e. The van der Waals surface area contributed by atoms with Crippen molar-refractivity contribution in [3.8, 4) is 0 Å². The summed E-state index contributed by atoms with van der Waals surface area (Å²) in [6.07, 6.45) is 7.83. The van der Waals surface area contributed by atoms with Crippen molar-refractivity contribution in [1.82, 2.24) is 9.88 Å². The molecule has 2 aromatic rings. The molecule has 1 unspecified atom stereocenters. The van der Waals surface area contributed by atoms with Gasteiger partial charge in [0.25, 0.3) is 5.91 Å². The fourth-order valence-electron chi connectivity index (χ4n) is 2.97. The summed E-state index contributed by atoms with van der Waals surface area (Å²) in [5.74, 6) is 0.696. The number of amides is 1. The number of aromatic nitrogens is 1. The summed E-state index contributed by atoms with van der Waals surface area (Å²) in [6.45, 7) is 1.70. The summed E-state index contributed by atoms with van der Waals surface area (Å²) in [4.78, 5) is 19.9. The van der Waals surface area contributed by atoms with Crippen LogP contribution < -0.4 is 0 Å². The molecule has 0 N–H and O–H groups in total. The summed E-state index contributed by atoms with van der Waals surface area (Å²) in [5.41, 5.74) is 2.06. The molecule has 0 radical (unpaired) electrons. The van der Waals surface area contributed by atoms with Gasteiger partial charge >= 0.3 is 0 Å². The molecule has 3 rings (SSSR count). The number of benzene rings is 1. The van der Waals surface area contributed by atoms with Crippen molar-refractivity contribution < 1.29 is 4.79 Å². The molecule has 1 amide bonds. The van der Waals surface area contributed by atoms with Gasteiger partial charge in [0.05, 0.1) is 0 Å². The third-order valence-corrected chi connectivity index (χ3v) is 4.86. The Labute approximate surface area is 135 Å². The number of thioether (sulfide) groups is 1. The van der Waals surface area contributed by atoms with Crippen LogP contribution in [0.15, 0.2) is 53.7 Å². The van der Waals surface area contributed by atoms with Crippen LogP contribution in [0.2, 0.25) is 0 Å². The van der Waals surface area contributed by atoms with Gasteiger partial charge in [0.2, 0.25) is 0 Å². The largest absolute Gasteiger partial charge is 0.338 e. The molecule has 0 saturated carbocycles. The zero-order valence-electron chi connectivity index (χ0n) is 12.7. The Bertz CT molecular complexity index is 645. The first-order valence-electron chi connectivity index (χ1n) is 7.58. The summed E-state index contributed by atoms with van der Waals surface area (Å²) >= 11 is 1.67. The average Bonchev–Trinajstić information content (AvgIpc) is 3.03. The number of carbonyl (C=O) groups is 1. The number of rotatable bonds is 4. The van der Waals surface area contributed by atoms with Crippen molar-refractivity contribution in [2.75, 3.05) is 19.3 Å². The Kier molecular flexibility index (Phi) is 4.78. The van der Waals surface area contributed by atoms with E-state index < -0.39 is 0 Å². The molecule has 1 aliphatic rings. The van der Waals surface area contributed by atoms with Crippen molar-refractivity contribution in [3.05, 3.63) is 59.9 Å². The molecule has 114 valence electrons. The highest BCUT2D eigenvalue weighted by atomic mass is 32.2. The van der Waals surface area contributed by atoms with E-state index in [4.69, 9.17) is 0 Å². The van der Waals surface area contributed by atoms with Gasteiger partial charge in [0, 0.05) is 35.9 Å². The predicted molar refractivity (Wildman–Crippen MR) is 90.2 cm³/mol. The summed E-state index contributed by atoms with van der Waals surface area (Å²) in [6, 6.07) is 12.0. The van der Waals surface area contributed by atoms with E-state index in [1.54, 1.807) is 18.0 Å². The molecule has 0 spiro atoms. The lowest BCUT2D eigenvalue weighted by molar-refractivity contribution is 0.0787. The Morgan fingerprint density at radius 3 is 3.05 bits per heavy atom. The molecule has 1 aliphatic heterocycles. The van der Waals surface area contributed by atoms with E-state index in [1.165, 1.54) is 5.56 Å². The Morgan fingerprint density at radius 1 is 1.36 bits per heavy atom. The highest BCUT2D eigenvalue weighted by molar-refractivity contribution is 7.98. The first-order valence-corrected chi connectivity index (χ1v) is 8.81. The average molecular weight is 312 g/mol. The third-order valence-electron chi connectivity index (χ3n) is 4.14. The van der Waals surface area contributed by atoms with Gasteiger partial charge in [-0.3, -0.25) is 9.78 Å². The van der Waals surface area contributed by atoms with Gasteiger partial charge in [-0.1, -0.05) is 12.1 Å². The summed E-state index contributed by atoms with van der Waals surface area (Å²) < 4.78 is 0. The van der Waals surface area contributed by atoms with Crippen LogP contribution in [0.25, 0.3) is 0 Å². The molecular weight excluding hydrogens is 292 g/mol. The van der Waals surface area contributed by atoms with Gasteiger partial charge in [0.1, 0.15) is 0 Å². The Hall–Kier alpha value is -1.81.